The van der Waals surface area contributed by atoms with Gasteiger partial charge in [0, 0.05) is 53.8 Å². The molecule has 0 aliphatic carbocycles. The van der Waals surface area contributed by atoms with Crippen LogP contribution in [0, 0.1) is 0 Å². The molecule has 3 fully saturated rings. The van der Waals surface area contributed by atoms with Crippen molar-refractivity contribution in [3.63, 3.8) is 0 Å². The molecule has 7 heteroatoms. The highest BCUT2D eigenvalue weighted by Crippen LogP contribution is 2.52. The van der Waals surface area contributed by atoms with Gasteiger partial charge in [0.05, 0.1) is 11.7 Å². The number of carbonyl (C=O) groups is 1. The minimum absolute atomic E-state index is 0.0117. The first-order valence-corrected chi connectivity index (χ1v) is 15.9. The number of likely N-dealkylation sites (tertiary alicyclic amines) is 1. The predicted molar refractivity (Wildman–Crippen MR) is 166 cm³/mol. The molecule has 3 aliphatic heterocycles. The van der Waals surface area contributed by atoms with Gasteiger partial charge in [-0.15, -0.1) is 0 Å². The maximum Gasteiger partial charge on any atom is 0.216 e. The zero-order valence-electron chi connectivity index (χ0n) is 23.9. The molecule has 0 spiro atoms. The van der Waals surface area contributed by atoms with Gasteiger partial charge in [-0.25, -0.2) is 0 Å². The van der Waals surface area contributed by atoms with Crippen molar-refractivity contribution in [3.05, 3.63) is 99.3 Å². The smallest absolute Gasteiger partial charge is 0.216 e. The standard InChI is InChI=1S/C34H40Cl2N4O/c1-24(41)38-23-34(33-25(10-9-17-37-33)22-39-18-7-2-8-19-39)20-26-15-16-27(21-34)40(26)32(28-11-3-5-13-30(28)35)29-12-4-6-14-31(29)36/h3-6,9-14,17,26-27,32H,2,7-8,15-16,18-23H2,1H3,(H,38,41)/t26-,27-/m0/s1. The first kappa shape index (κ1) is 28.7. The second-order valence-corrected chi connectivity index (χ2v) is 13.0. The predicted octanol–water partition coefficient (Wildman–Crippen LogP) is 7.16. The van der Waals surface area contributed by atoms with Crippen molar-refractivity contribution in [2.24, 2.45) is 0 Å². The molecule has 0 unspecified atom stereocenters. The molecule has 3 aromatic rings. The zero-order valence-corrected chi connectivity index (χ0v) is 25.4. The fourth-order valence-electron chi connectivity index (χ4n) is 7.80. The van der Waals surface area contributed by atoms with Crippen molar-refractivity contribution >= 4 is 29.1 Å². The number of hydrogen-bond acceptors (Lipinski definition) is 4. The SMILES string of the molecule is CC(=O)NCC1(c2ncccc2CN2CCCCC2)C[C@@H]2CC[C@@H](C1)N2C(c1ccccc1Cl)c1ccccc1Cl. The topological polar surface area (TPSA) is 48.5 Å². The van der Waals surface area contributed by atoms with Crippen LogP contribution in [0.4, 0.5) is 0 Å². The summed E-state index contributed by atoms with van der Waals surface area (Å²) in [5, 5.41) is 4.76. The van der Waals surface area contributed by atoms with Crippen LogP contribution >= 0.6 is 23.2 Å². The molecular weight excluding hydrogens is 551 g/mol. The van der Waals surface area contributed by atoms with E-state index >= 15 is 0 Å². The maximum absolute atomic E-state index is 12.3. The number of benzene rings is 2. The van der Waals surface area contributed by atoms with Gasteiger partial charge < -0.3 is 5.32 Å². The van der Waals surface area contributed by atoms with Crippen molar-refractivity contribution in [3.8, 4) is 0 Å². The Bertz CT molecular complexity index is 1310. The summed E-state index contributed by atoms with van der Waals surface area (Å²) in [6.07, 6.45) is 9.85. The Labute approximate surface area is 254 Å². The van der Waals surface area contributed by atoms with E-state index in [0.29, 0.717) is 18.6 Å². The Morgan fingerprint density at radius 1 is 0.927 bits per heavy atom. The van der Waals surface area contributed by atoms with E-state index in [2.05, 4.69) is 51.5 Å². The average Bonchev–Trinajstić information content (AvgIpc) is 3.24. The Morgan fingerprint density at radius 2 is 1.54 bits per heavy atom. The highest BCUT2D eigenvalue weighted by atomic mass is 35.5. The van der Waals surface area contributed by atoms with Crippen LogP contribution in [0.2, 0.25) is 10.0 Å². The molecule has 6 rings (SSSR count). The van der Waals surface area contributed by atoms with Crippen LogP contribution in [0.15, 0.2) is 66.9 Å². The number of fused-ring (bicyclic) bond motifs is 2. The molecule has 1 amide bonds. The van der Waals surface area contributed by atoms with Gasteiger partial charge in [-0.05, 0) is 86.5 Å². The van der Waals surface area contributed by atoms with Gasteiger partial charge in [0.15, 0.2) is 0 Å². The monoisotopic (exact) mass is 590 g/mol. The number of hydrogen-bond donors (Lipinski definition) is 1. The summed E-state index contributed by atoms with van der Waals surface area (Å²) in [6.45, 7) is 5.43. The summed E-state index contributed by atoms with van der Waals surface area (Å²) in [5.41, 5.74) is 4.44. The van der Waals surface area contributed by atoms with Gasteiger partial charge in [0.1, 0.15) is 0 Å². The van der Waals surface area contributed by atoms with Crippen molar-refractivity contribution in [2.45, 2.75) is 82.0 Å². The van der Waals surface area contributed by atoms with Crippen LogP contribution in [-0.2, 0) is 16.8 Å². The first-order valence-electron chi connectivity index (χ1n) is 15.1. The fourth-order valence-corrected chi connectivity index (χ4v) is 8.28. The van der Waals surface area contributed by atoms with Gasteiger partial charge in [-0.2, -0.15) is 0 Å². The van der Waals surface area contributed by atoms with E-state index in [1.165, 1.54) is 30.5 Å². The van der Waals surface area contributed by atoms with E-state index in [0.717, 1.165) is 66.5 Å². The first-order chi connectivity index (χ1) is 19.9. The number of nitrogens with zero attached hydrogens (tertiary/aromatic N) is 3. The van der Waals surface area contributed by atoms with E-state index in [-0.39, 0.29) is 17.4 Å². The molecular formula is C34H40Cl2N4O. The summed E-state index contributed by atoms with van der Waals surface area (Å²) in [7, 11) is 0. The Hall–Kier alpha value is -2.44. The van der Waals surface area contributed by atoms with Crippen LogP contribution in [0.25, 0.3) is 0 Å². The van der Waals surface area contributed by atoms with Gasteiger partial charge in [0.25, 0.3) is 0 Å². The van der Waals surface area contributed by atoms with E-state index in [4.69, 9.17) is 28.2 Å². The molecule has 1 N–H and O–H groups in total. The van der Waals surface area contributed by atoms with Gasteiger partial charge >= 0.3 is 0 Å². The quantitative estimate of drug-likeness (QED) is 0.302. The molecule has 1 aromatic heterocycles. The normalized spacial score (nSPS) is 25.0. The fraction of sp³-hybridized carbons (Fsp3) is 0.471. The Balaban J connectivity index is 1.39. The van der Waals surface area contributed by atoms with E-state index < -0.39 is 0 Å². The van der Waals surface area contributed by atoms with Crippen LogP contribution in [0.1, 0.15) is 80.3 Å². The second kappa shape index (κ2) is 12.4. The lowest BCUT2D eigenvalue weighted by molar-refractivity contribution is -0.119. The van der Waals surface area contributed by atoms with Crippen LogP contribution in [-0.4, -0.2) is 52.4 Å². The van der Waals surface area contributed by atoms with Crippen LogP contribution < -0.4 is 5.32 Å². The molecule has 3 aliphatic rings. The van der Waals surface area contributed by atoms with Gasteiger partial charge in [0.2, 0.25) is 5.91 Å². The molecule has 5 nitrogen and oxygen atoms in total. The lowest BCUT2D eigenvalue weighted by atomic mass is 9.70. The zero-order chi connectivity index (χ0) is 28.4. The number of carbonyl (C=O) groups excluding carboxylic acids is 1. The lowest BCUT2D eigenvalue weighted by Crippen LogP contribution is -2.55. The van der Waals surface area contributed by atoms with Crippen LogP contribution in [0.5, 0.6) is 0 Å². The molecule has 4 heterocycles. The molecule has 2 atom stereocenters. The van der Waals surface area contributed by atoms with E-state index in [1.54, 1.807) is 6.92 Å². The lowest BCUT2D eigenvalue weighted by Gasteiger charge is -2.50. The highest BCUT2D eigenvalue weighted by Gasteiger charge is 2.53. The number of amides is 1. The molecule has 0 radical (unpaired) electrons. The third kappa shape index (κ3) is 5.92. The molecule has 3 saturated heterocycles. The molecule has 41 heavy (non-hydrogen) atoms. The second-order valence-electron chi connectivity index (χ2n) is 12.2. The number of rotatable bonds is 8. The highest BCUT2D eigenvalue weighted by molar-refractivity contribution is 6.32. The van der Waals surface area contributed by atoms with Crippen molar-refractivity contribution in [1.29, 1.82) is 0 Å². The van der Waals surface area contributed by atoms with Crippen molar-refractivity contribution < 1.29 is 4.79 Å². The third-order valence-electron chi connectivity index (χ3n) is 9.54. The molecule has 0 saturated carbocycles. The minimum Gasteiger partial charge on any atom is -0.355 e. The van der Waals surface area contributed by atoms with Gasteiger partial charge in [-0.1, -0.05) is 72.1 Å². The molecule has 2 aromatic carbocycles. The Kier molecular flexibility index (Phi) is 8.69. The summed E-state index contributed by atoms with van der Waals surface area (Å²) in [4.78, 5) is 22.6. The number of aromatic nitrogens is 1. The van der Waals surface area contributed by atoms with Gasteiger partial charge in [-0.3, -0.25) is 19.6 Å². The number of pyridine rings is 1. The Morgan fingerprint density at radius 3 is 2.12 bits per heavy atom. The molecule has 216 valence electrons. The minimum atomic E-state index is -0.230. The summed E-state index contributed by atoms with van der Waals surface area (Å²) >= 11 is 13.7. The van der Waals surface area contributed by atoms with Crippen molar-refractivity contribution in [1.82, 2.24) is 20.1 Å². The maximum atomic E-state index is 12.3. The van der Waals surface area contributed by atoms with E-state index in [9.17, 15) is 4.79 Å². The summed E-state index contributed by atoms with van der Waals surface area (Å²) < 4.78 is 0. The van der Waals surface area contributed by atoms with E-state index in [1.807, 2.05) is 30.5 Å². The average molecular weight is 592 g/mol. The van der Waals surface area contributed by atoms with Crippen molar-refractivity contribution in [2.75, 3.05) is 19.6 Å². The number of halogens is 2. The number of piperidine rings is 2. The largest absolute Gasteiger partial charge is 0.355 e. The third-order valence-corrected chi connectivity index (χ3v) is 10.2. The van der Waals surface area contributed by atoms with Crippen LogP contribution in [0.3, 0.4) is 0 Å². The summed E-state index contributed by atoms with van der Waals surface area (Å²) in [5.74, 6) is 0.0117. The molecule has 2 bridgehead atoms. The summed E-state index contributed by atoms with van der Waals surface area (Å²) in [6, 6.07) is 21.3. The number of nitrogens with one attached hydrogen (secondary N) is 1.